The molecule has 3 rings (SSSR count). The highest BCUT2D eigenvalue weighted by molar-refractivity contribution is 5.77. The number of H-pyrrole nitrogens is 1. The first-order valence-electron chi connectivity index (χ1n) is 6.87. The summed E-state index contributed by atoms with van der Waals surface area (Å²) in [5.41, 5.74) is 3.56. The molecule has 3 aromatic rings. The molecule has 6 nitrogen and oxygen atoms in total. The highest BCUT2D eigenvalue weighted by Gasteiger charge is 2.12. The second-order valence-corrected chi connectivity index (χ2v) is 4.91. The van der Waals surface area contributed by atoms with E-state index in [1.54, 1.807) is 6.33 Å². The lowest BCUT2D eigenvalue weighted by atomic mass is 10.1. The van der Waals surface area contributed by atoms with Crippen molar-refractivity contribution < 1.29 is 4.74 Å². The Hall–Kier alpha value is -2.63. The van der Waals surface area contributed by atoms with Crippen LogP contribution in [0, 0.1) is 13.8 Å². The van der Waals surface area contributed by atoms with E-state index in [1.165, 1.54) is 0 Å². The van der Waals surface area contributed by atoms with Gasteiger partial charge in [0, 0.05) is 6.54 Å². The van der Waals surface area contributed by atoms with Gasteiger partial charge in [0.15, 0.2) is 5.65 Å². The van der Waals surface area contributed by atoms with Crippen molar-refractivity contribution in [3.63, 3.8) is 0 Å². The molecule has 0 fully saturated rings. The SMILES string of the molecule is CCNc1nc(Oc2cc(C)cc(C)c2)c2[nH]cnc2n1. The average molecular weight is 283 g/mol. The van der Waals surface area contributed by atoms with Gasteiger partial charge in [-0.2, -0.15) is 9.97 Å². The minimum absolute atomic E-state index is 0.471. The lowest BCUT2D eigenvalue weighted by Crippen LogP contribution is -2.03. The summed E-state index contributed by atoms with van der Waals surface area (Å²) in [4.78, 5) is 15.9. The Morgan fingerprint density at radius 3 is 2.62 bits per heavy atom. The molecule has 6 heteroatoms. The number of imidazole rings is 1. The maximum Gasteiger partial charge on any atom is 0.250 e. The number of aromatic amines is 1. The van der Waals surface area contributed by atoms with E-state index in [4.69, 9.17) is 4.74 Å². The molecule has 108 valence electrons. The number of nitrogens with one attached hydrogen (secondary N) is 2. The van der Waals surface area contributed by atoms with Gasteiger partial charge in [-0.15, -0.1) is 0 Å². The van der Waals surface area contributed by atoms with Crippen molar-refractivity contribution in [3.05, 3.63) is 35.7 Å². The van der Waals surface area contributed by atoms with Crippen molar-refractivity contribution in [1.82, 2.24) is 19.9 Å². The van der Waals surface area contributed by atoms with Crippen LogP contribution in [0.25, 0.3) is 11.2 Å². The molecule has 0 saturated carbocycles. The summed E-state index contributed by atoms with van der Waals surface area (Å²) in [5.74, 6) is 1.74. The van der Waals surface area contributed by atoms with Crippen LogP contribution >= 0.6 is 0 Å². The van der Waals surface area contributed by atoms with E-state index in [9.17, 15) is 0 Å². The smallest absolute Gasteiger partial charge is 0.250 e. The topological polar surface area (TPSA) is 75.7 Å². The van der Waals surface area contributed by atoms with Crippen LogP contribution in [0.4, 0.5) is 5.95 Å². The third kappa shape index (κ3) is 2.79. The van der Waals surface area contributed by atoms with Crippen molar-refractivity contribution in [2.75, 3.05) is 11.9 Å². The predicted molar refractivity (Wildman–Crippen MR) is 81.8 cm³/mol. The molecule has 0 aliphatic rings. The summed E-state index contributed by atoms with van der Waals surface area (Å²) in [6.07, 6.45) is 1.59. The fraction of sp³-hybridized carbons (Fsp3) is 0.267. The second kappa shape index (κ2) is 5.40. The first-order chi connectivity index (χ1) is 10.2. The summed E-state index contributed by atoms with van der Waals surface area (Å²) >= 11 is 0. The standard InChI is InChI=1S/C15H17N5O/c1-4-16-15-19-13-12(17-8-18-13)14(20-15)21-11-6-9(2)5-10(3)7-11/h5-8H,4H2,1-3H3,(H2,16,17,18,19,20). The van der Waals surface area contributed by atoms with E-state index >= 15 is 0 Å². The van der Waals surface area contributed by atoms with Gasteiger partial charge < -0.3 is 15.0 Å². The molecule has 2 heterocycles. The van der Waals surface area contributed by atoms with Crippen LogP contribution in [-0.2, 0) is 0 Å². The number of rotatable bonds is 4. The van der Waals surface area contributed by atoms with Crippen molar-refractivity contribution in [1.29, 1.82) is 0 Å². The minimum Gasteiger partial charge on any atom is -0.437 e. The third-order valence-electron chi connectivity index (χ3n) is 3.00. The fourth-order valence-electron chi connectivity index (χ4n) is 2.22. The van der Waals surface area contributed by atoms with Crippen molar-refractivity contribution in [2.24, 2.45) is 0 Å². The molecule has 0 unspecified atom stereocenters. The number of benzene rings is 1. The Bertz CT molecular complexity index is 761. The van der Waals surface area contributed by atoms with Gasteiger partial charge in [0.25, 0.3) is 5.88 Å². The van der Waals surface area contributed by atoms with Gasteiger partial charge in [0.05, 0.1) is 6.33 Å². The summed E-state index contributed by atoms with van der Waals surface area (Å²) in [5, 5.41) is 3.08. The number of aromatic nitrogens is 4. The van der Waals surface area contributed by atoms with E-state index in [-0.39, 0.29) is 0 Å². The molecule has 0 spiro atoms. The number of aryl methyl sites for hydroxylation is 2. The number of ether oxygens (including phenoxy) is 1. The molecular weight excluding hydrogens is 266 g/mol. The molecule has 21 heavy (non-hydrogen) atoms. The van der Waals surface area contributed by atoms with Gasteiger partial charge >= 0.3 is 0 Å². The molecule has 0 aliphatic heterocycles. The fourth-order valence-corrected chi connectivity index (χ4v) is 2.22. The van der Waals surface area contributed by atoms with E-state index in [0.717, 1.165) is 23.4 Å². The molecule has 0 amide bonds. The number of hydrogen-bond donors (Lipinski definition) is 2. The summed E-state index contributed by atoms with van der Waals surface area (Å²) in [6.45, 7) is 6.80. The Kier molecular flexibility index (Phi) is 3.43. The van der Waals surface area contributed by atoms with Crippen LogP contribution in [0.2, 0.25) is 0 Å². The van der Waals surface area contributed by atoms with Gasteiger partial charge in [0.1, 0.15) is 11.3 Å². The largest absolute Gasteiger partial charge is 0.437 e. The average Bonchev–Trinajstić information content (AvgIpc) is 2.86. The van der Waals surface area contributed by atoms with Crippen molar-refractivity contribution in [3.8, 4) is 11.6 Å². The molecule has 0 saturated heterocycles. The Morgan fingerprint density at radius 2 is 1.90 bits per heavy atom. The minimum atomic E-state index is 0.471. The van der Waals surface area contributed by atoms with Gasteiger partial charge in [-0.1, -0.05) is 6.07 Å². The monoisotopic (exact) mass is 283 g/mol. The number of nitrogens with zero attached hydrogens (tertiary/aromatic N) is 3. The van der Waals surface area contributed by atoms with Crippen LogP contribution in [0.5, 0.6) is 11.6 Å². The molecule has 0 atom stereocenters. The van der Waals surface area contributed by atoms with Crippen molar-refractivity contribution >= 4 is 17.1 Å². The predicted octanol–water partition coefficient (Wildman–Crippen LogP) is 3.19. The first-order valence-corrected chi connectivity index (χ1v) is 6.87. The van der Waals surface area contributed by atoms with Gasteiger partial charge in [-0.25, -0.2) is 4.98 Å². The van der Waals surface area contributed by atoms with E-state index < -0.39 is 0 Å². The zero-order chi connectivity index (χ0) is 14.8. The third-order valence-corrected chi connectivity index (χ3v) is 3.00. The lowest BCUT2D eigenvalue weighted by Gasteiger charge is -2.09. The Morgan fingerprint density at radius 1 is 1.14 bits per heavy atom. The van der Waals surface area contributed by atoms with E-state index in [2.05, 4.69) is 31.3 Å². The zero-order valence-corrected chi connectivity index (χ0v) is 12.3. The Labute approximate surface area is 122 Å². The molecule has 0 radical (unpaired) electrons. The molecule has 0 bridgehead atoms. The molecule has 1 aromatic carbocycles. The summed E-state index contributed by atoms with van der Waals surface area (Å²) in [6, 6.07) is 6.05. The maximum atomic E-state index is 5.94. The number of anilines is 1. The normalized spacial score (nSPS) is 10.8. The van der Waals surface area contributed by atoms with Gasteiger partial charge in [0.2, 0.25) is 5.95 Å². The summed E-state index contributed by atoms with van der Waals surface area (Å²) < 4.78 is 5.94. The van der Waals surface area contributed by atoms with Crippen LogP contribution in [0.1, 0.15) is 18.1 Å². The molecule has 2 aromatic heterocycles. The second-order valence-electron chi connectivity index (χ2n) is 4.91. The van der Waals surface area contributed by atoms with Crippen LogP contribution < -0.4 is 10.1 Å². The molecule has 0 aliphatic carbocycles. The highest BCUT2D eigenvalue weighted by Crippen LogP contribution is 2.27. The van der Waals surface area contributed by atoms with Crippen LogP contribution in [0.3, 0.4) is 0 Å². The van der Waals surface area contributed by atoms with E-state index in [1.807, 2.05) is 32.9 Å². The highest BCUT2D eigenvalue weighted by atomic mass is 16.5. The lowest BCUT2D eigenvalue weighted by molar-refractivity contribution is 0.467. The molecular formula is C15H17N5O. The van der Waals surface area contributed by atoms with Crippen molar-refractivity contribution in [2.45, 2.75) is 20.8 Å². The Balaban J connectivity index is 2.04. The number of hydrogen-bond acceptors (Lipinski definition) is 5. The maximum absolute atomic E-state index is 5.94. The van der Waals surface area contributed by atoms with Crippen LogP contribution in [0.15, 0.2) is 24.5 Å². The van der Waals surface area contributed by atoms with Crippen LogP contribution in [-0.4, -0.2) is 26.5 Å². The van der Waals surface area contributed by atoms with Gasteiger partial charge in [-0.05, 0) is 44.0 Å². The zero-order valence-electron chi connectivity index (χ0n) is 12.3. The molecule has 2 N–H and O–H groups in total. The van der Waals surface area contributed by atoms with Gasteiger partial charge in [-0.3, -0.25) is 0 Å². The quantitative estimate of drug-likeness (QED) is 0.769. The number of fused-ring (bicyclic) bond motifs is 1. The first kappa shape index (κ1) is 13.4. The van der Waals surface area contributed by atoms with E-state index in [0.29, 0.717) is 23.0 Å². The summed E-state index contributed by atoms with van der Waals surface area (Å²) in [7, 11) is 0.